The summed E-state index contributed by atoms with van der Waals surface area (Å²) in [6.07, 6.45) is 2.77. The molecule has 1 aromatic rings. The van der Waals surface area contributed by atoms with Gasteiger partial charge in [-0.05, 0) is 44.7 Å². The molecular formula is C18H25FN2O2. The lowest BCUT2D eigenvalue weighted by molar-refractivity contribution is -0.138. The summed E-state index contributed by atoms with van der Waals surface area (Å²) in [5.74, 6) is 0.0444. The van der Waals surface area contributed by atoms with E-state index >= 15 is 0 Å². The third-order valence-electron chi connectivity index (χ3n) is 5.15. The third kappa shape index (κ3) is 3.50. The molecule has 0 bridgehead atoms. The summed E-state index contributed by atoms with van der Waals surface area (Å²) in [7, 11) is 0. The van der Waals surface area contributed by atoms with Crippen molar-refractivity contribution in [2.75, 3.05) is 24.5 Å². The van der Waals surface area contributed by atoms with Crippen LogP contribution in [0.15, 0.2) is 24.3 Å². The average Bonchev–Trinajstić information content (AvgIpc) is 2.56. The van der Waals surface area contributed by atoms with Gasteiger partial charge in [-0.1, -0.05) is 12.1 Å². The minimum atomic E-state index is -0.240. The van der Waals surface area contributed by atoms with Gasteiger partial charge in [0.25, 0.3) is 0 Å². The highest BCUT2D eigenvalue weighted by Crippen LogP contribution is 2.28. The highest BCUT2D eigenvalue weighted by molar-refractivity contribution is 5.79. The molecule has 1 heterocycles. The van der Waals surface area contributed by atoms with E-state index in [2.05, 4.69) is 0 Å². The Hall–Kier alpha value is -1.62. The predicted molar refractivity (Wildman–Crippen MR) is 87.8 cm³/mol. The van der Waals surface area contributed by atoms with Crippen LogP contribution in [0.5, 0.6) is 0 Å². The van der Waals surface area contributed by atoms with E-state index in [1.165, 1.54) is 6.07 Å². The topological polar surface area (TPSA) is 43.8 Å². The Morgan fingerprint density at radius 3 is 2.52 bits per heavy atom. The molecule has 1 aliphatic carbocycles. The molecule has 1 saturated carbocycles. The fraction of sp³-hybridized carbons (Fsp3) is 0.611. The van der Waals surface area contributed by atoms with Crippen molar-refractivity contribution in [2.45, 2.75) is 44.8 Å². The van der Waals surface area contributed by atoms with Gasteiger partial charge in [0.15, 0.2) is 0 Å². The van der Waals surface area contributed by atoms with Crippen molar-refractivity contribution in [3.8, 4) is 0 Å². The fourth-order valence-electron chi connectivity index (χ4n) is 3.78. The van der Waals surface area contributed by atoms with Crippen molar-refractivity contribution < 1.29 is 14.3 Å². The van der Waals surface area contributed by atoms with E-state index < -0.39 is 0 Å². The number of aliphatic hydroxyl groups excluding tert-OH is 1. The molecule has 1 amide bonds. The number of nitrogens with zero attached hydrogens (tertiary/aromatic N) is 2. The average molecular weight is 320 g/mol. The summed E-state index contributed by atoms with van der Waals surface area (Å²) >= 11 is 0. The van der Waals surface area contributed by atoms with Gasteiger partial charge in [0.2, 0.25) is 5.91 Å². The van der Waals surface area contributed by atoms with Crippen LogP contribution in [0.4, 0.5) is 10.1 Å². The zero-order chi connectivity index (χ0) is 16.4. The van der Waals surface area contributed by atoms with Crippen molar-refractivity contribution in [3.05, 3.63) is 30.1 Å². The van der Waals surface area contributed by atoms with Gasteiger partial charge in [-0.2, -0.15) is 0 Å². The van der Waals surface area contributed by atoms with Crippen LogP contribution in [0.3, 0.4) is 0 Å². The maximum Gasteiger partial charge on any atom is 0.225 e. The first-order valence-corrected chi connectivity index (χ1v) is 8.54. The number of carbonyl (C=O) groups is 1. The standard InChI is InChI=1S/C18H25FN2O2/c1-13-12-20(18(23)14-6-8-15(22)9-7-14)10-11-21(13)17-5-3-2-4-16(17)19/h2-5,13-15,22H,6-12H2,1H3. The number of hydrogen-bond acceptors (Lipinski definition) is 3. The van der Waals surface area contributed by atoms with Crippen molar-refractivity contribution in [1.82, 2.24) is 4.90 Å². The quantitative estimate of drug-likeness (QED) is 0.910. The molecule has 23 heavy (non-hydrogen) atoms. The lowest BCUT2D eigenvalue weighted by atomic mass is 9.86. The predicted octanol–water partition coefficient (Wildman–Crippen LogP) is 2.41. The highest BCUT2D eigenvalue weighted by Gasteiger charge is 2.33. The number of para-hydroxylation sites is 1. The number of halogens is 1. The summed E-state index contributed by atoms with van der Waals surface area (Å²) in [4.78, 5) is 16.6. The normalized spacial score (nSPS) is 28.7. The van der Waals surface area contributed by atoms with Crippen LogP contribution in [-0.4, -0.2) is 47.7 Å². The molecule has 1 aliphatic heterocycles. The second-order valence-corrected chi connectivity index (χ2v) is 6.78. The molecule has 2 aliphatic rings. The van der Waals surface area contributed by atoms with Crippen molar-refractivity contribution in [1.29, 1.82) is 0 Å². The number of rotatable bonds is 2. The summed E-state index contributed by atoms with van der Waals surface area (Å²) in [5.41, 5.74) is 0.618. The number of carbonyl (C=O) groups excluding carboxylic acids is 1. The van der Waals surface area contributed by atoms with E-state index in [-0.39, 0.29) is 29.8 Å². The lowest BCUT2D eigenvalue weighted by Gasteiger charge is -2.42. The van der Waals surface area contributed by atoms with E-state index in [4.69, 9.17) is 0 Å². The SMILES string of the molecule is CC1CN(C(=O)C2CCC(O)CC2)CCN1c1ccccc1F. The van der Waals surface area contributed by atoms with Crippen LogP contribution >= 0.6 is 0 Å². The van der Waals surface area contributed by atoms with Crippen LogP contribution in [0.2, 0.25) is 0 Å². The number of anilines is 1. The van der Waals surface area contributed by atoms with Crippen LogP contribution in [0.1, 0.15) is 32.6 Å². The van der Waals surface area contributed by atoms with E-state index in [1.54, 1.807) is 12.1 Å². The molecule has 1 aromatic carbocycles. The van der Waals surface area contributed by atoms with Gasteiger partial charge >= 0.3 is 0 Å². The minimum absolute atomic E-state index is 0.0469. The van der Waals surface area contributed by atoms with Gasteiger partial charge < -0.3 is 14.9 Å². The maximum atomic E-state index is 14.0. The Kier molecular flexibility index (Phi) is 4.85. The van der Waals surface area contributed by atoms with Crippen LogP contribution in [-0.2, 0) is 4.79 Å². The summed E-state index contributed by atoms with van der Waals surface area (Å²) < 4.78 is 14.0. The van der Waals surface area contributed by atoms with Crippen molar-refractivity contribution in [3.63, 3.8) is 0 Å². The van der Waals surface area contributed by atoms with Gasteiger partial charge in [0.1, 0.15) is 5.82 Å². The van der Waals surface area contributed by atoms with E-state index in [0.717, 1.165) is 25.7 Å². The second-order valence-electron chi connectivity index (χ2n) is 6.78. The summed E-state index contributed by atoms with van der Waals surface area (Å²) in [6, 6.07) is 6.91. The van der Waals surface area contributed by atoms with E-state index in [9.17, 15) is 14.3 Å². The Labute approximate surface area is 136 Å². The molecule has 5 heteroatoms. The first-order chi connectivity index (χ1) is 11.1. The van der Waals surface area contributed by atoms with Crippen LogP contribution < -0.4 is 4.90 Å². The summed E-state index contributed by atoms with van der Waals surface area (Å²) in [6.45, 7) is 3.96. The van der Waals surface area contributed by atoms with Crippen molar-refractivity contribution >= 4 is 11.6 Å². The molecule has 1 unspecified atom stereocenters. The molecule has 4 nitrogen and oxygen atoms in total. The van der Waals surface area contributed by atoms with Gasteiger partial charge in [-0.15, -0.1) is 0 Å². The zero-order valence-corrected chi connectivity index (χ0v) is 13.6. The Bertz CT molecular complexity index is 558. The summed E-state index contributed by atoms with van der Waals surface area (Å²) in [5, 5.41) is 9.58. The number of benzene rings is 1. The third-order valence-corrected chi connectivity index (χ3v) is 5.15. The van der Waals surface area contributed by atoms with Gasteiger partial charge in [-0.3, -0.25) is 4.79 Å². The Morgan fingerprint density at radius 2 is 1.87 bits per heavy atom. The van der Waals surface area contributed by atoms with E-state index in [0.29, 0.717) is 25.3 Å². The van der Waals surface area contributed by atoms with Crippen molar-refractivity contribution in [2.24, 2.45) is 5.92 Å². The lowest BCUT2D eigenvalue weighted by Crippen LogP contribution is -2.55. The number of amides is 1. The Morgan fingerprint density at radius 1 is 1.17 bits per heavy atom. The number of hydrogen-bond donors (Lipinski definition) is 1. The highest BCUT2D eigenvalue weighted by atomic mass is 19.1. The Balaban J connectivity index is 1.62. The zero-order valence-electron chi connectivity index (χ0n) is 13.6. The maximum absolute atomic E-state index is 14.0. The molecule has 1 saturated heterocycles. The van der Waals surface area contributed by atoms with Gasteiger partial charge in [-0.25, -0.2) is 4.39 Å². The number of aliphatic hydroxyl groups is 1. The smallest absolute Gasteiger partial charge is 0.225 e. The molecule has 2 fully saturated rings. The molecule has 1 atom stereocenters. The molecule has 3 rings (SSSR count). The van der Waals surface area contributed by atoms with Gasteiger partial charge in [0, 0.05) is 31.6 Å². The number of piperazine rings is 1. The second kappa shape index (κ2) is 6.87. The molecule has 0 radical (unpaired) electrons. The molecule has 1 N–H and O–H groups in total. The first-order valence-electron chi connectivity index (χ1n) is 8.54. The fourth-order valence-corrected chi connectivity index (χ4v) is 3.78. The minimum Gasteiger partial charge on any atom is -0.393 e. The monoisotopic (exact) mass is 320 g/mol. The van der Waals surface area contributed by atoms with Gasteiger partial charge in [0.05, 0.1) is 11.8 Å². The largest absolute Gasteiger partial charge is 0.393 e. The molecule has 0 aromatic heterocycles. The molecular weight excluding hydrogens is 295 g/mol. The van der Waals surface area contributed by atoms with Crippen LogP contribution in [0, 0.1) is 11.7 Å². The van der Waals surface area contributed by atoms with E-state index in [1.807, 2.05) is 22.8 Å². The molecule has 126 valence electrons. The first kappa shape index (κ1) is 16.2. The van der Waals surface area contributed by atoms with Crippen LogP contribution in [0.25, 0.3) is 0 Å². The molecule has 0 spiro atoms.